The van der Waals surface area contributed by atoms with E-state index in [0.29, 0.717) is 0 Å². The summed E-state index contributed by atoms with van der Waals surface area (Å²) in [5.41, 5.74) is 2.32. The molecule has 0 spiro atoms. The second-order valence-electron chi connectivity index (χ2n) is 5.92. The monoisotopic (exact) mass is 414 g/mol. The van der Waals surface area contributed by atoms with Crippen LogP contribution in [0.1, 0.15) is 0 Å². The predicted molar refractivity (Wildman–Crippen MR) is 111 cm³/mol. The topological polar surface area (TPSA) is 55.1 Å². The quantitative estimate of drug-likeness (QED) is 0.292. The van der Waals surface area contributed by atoms with Crippen LogP contribution >= 0.6 is 20.8 Å². The van der Waals surface area contributed by atoms with Crippen LogP contribution < -0.4 is 27.2 Å². The van der Waals surface area contributed by atoms with E-state index in [1.54, 1.807) is 0 Å². The zero-order valence-electron chi connectivity index (χ0n) is 13.7. The summed E-state index contributed by atoms with van der Waals surface area (Å²) in [7, 11) is 0. The first kappa shape index (κ1) is 17.8. The molecule has 0 aliphatic rings. The van der Waals surface area contributed by atoms with Crippen LogP contribution in [0.25, 0.3) is 0 Å². The van der Waals surface area contributed by atoms with E-state index < -0.39 is 5.31 Å². The Hall–Kier alpha value is -2.00. The number of benzene rings is 3. The van der Waals surface area contributed by atoms with Crippen LogP contribution in [0.15, 0.2) is 91.0 Å². The molecule has 0 aromatic heterocycles. The van der Waals surface area contributed by atoms with Crippen molar-refractivity contribution in [3.05, 3.63) is 91.0 Å². The normalized spacial score (nSPS) is 12.8. The first-order valence-electron chi connectivity index (χ1n) is 7.98. The Bertz CT molecular complexity index is 757. The zero-order chi connectivity index (χ0) is 17.8. The summed E-state index contributed by atoms with van der Waals surface area (Å²) in [4.78, 5) is 12.5. The van der Waals surface area contributed by atoms with Crippen molar-refractivity contribution >= 4 is 42.6 Å². The molecule has 3 aromatic rings. The van der Waals surface area contributed by atoms with Gasteiger partial charge in [0.15, 0.2) is 0 Å². The Morgan fingerprint density at radius 1 is 0.760 bits per heavy atom. The molecule has 128 valence electrons. The van der Waals surface area contributed by atoms with Crippen molar-refractivity contribution in [3.8, 4) is 0 Å². The third-order valence-electron chi connectivity index (χ3n) is 4.49. The molecule has 0 bridgehead atoms. The third kappa shape index (κ3) is 3.02. The number of amides is 1. The Morgan fingerprint density at radius 2 is 1.08 bits per heavy atom. The fourth-order valence-electron chi connectivity index (χ4n) is 3.25. The van der Waals surface area contributed by atoms with E-state index in [1.807, 2.05) is 54.6 Å². The number of hydrazine groups is 1. The maximum atomic E-state index is 12.5. The minimum atomic E-state index is -3.20. The Balaban J connectivity index is 2.42. The van der Waals surface area contributed by atoms with Crippen molar-refractivity contribution in [1.29, 1.82) is 0 Å². The summed E-state index contributed by atoms with van der Waals surface area (Å²) < 4.78 is 0. The summed E-state index contributed by atoms with van der Waals surface area (Å²) in [5, 5.41) is 0.0782. The van der Waals surface area contributed by atoms with Crippen LogP contribution in [0.2, 0.25) is 0 Å². The van der Waals surface area contributed by atoms with Crippen LogP contribution in [0, 0.1) is 0 Å². The number of nitrogens with two attached hydrogens (primary N) is 1. The first-order chi connectivity index (χ1) is 12.1. The summed E-state index contributed by atoms with van der Waals surface area (Å²) >= 11 is 4.17. The van der Waals surface area contributed by atoms with Crippen molar-refractivity contribution in [2.45, 2.75) is 0 Å². The Morgan fingerprint density at radius 3 is 1.36 bits per heavy atom. The van der Waals surface area contributed by atoms with Gasteiger partial charge in [0, 0.05) is 0 Å². The van der Waals surface area contributed by atoms with Gasteiger partial charge in [0.2, 0.25) is 0 Å². The molecule has 3 rings (SSSR count). The number of carbonyl (C=O) groups is 1. The molecule has 3 nitrogen and oxygen atoms in total. The van der Waals surface area contributed by atoms with Crippen LogP contribution in [0.5, 0.6) is 0 Å². The summed E-state index contributed by atoms with van der Waals surface area (Å²) in [6.45, 7) is 0. The van der Waals surface area contributed by atoms with E-state index in [2.05, 4.69) is 57.3 Å². The summed E-state index contributed by atoms with van der Waals surface area (Å²) in [5.74, 6) is 5.27. The Labute approximate surface area is 155 Å². The number of rotatable bonds is 5. The van der Waals surface area contributed by atoms with Crippen LogP contribution in [-0.4, -0.2) is 12.1 Å². The molecule has 0 unspecified atom stereocenters. The molecule has 0 saturated heterocycles. The van der Waals surface area contributed by atoms with E-state index in [4.69, 9.17) is 5.84 Å². The molecule has 3 N–H and O–H groups in total. The van der Waals surface area contributed by atoms with Gasteiger partial charge >= 0.3 is 156 Å². The maximum absolute atomic E-state index is 12.5. The third-order valence-corrected chi connectivity index (χ3v) is 13.9. The van der Waals surface area contributed by atoms with Crippen molar-refractivity contribution in [2.75, 3.05) is 6.16 Å². The molecule has 0 heterocycles. The van der Waals surface area contributed by atoms with Crippen molar-refractivity contribution < 1.29 is 4.79 Å². The van der Waals surface area contributed by atoms with Gasteiger partial charge < -0.3 is 0 Å². The van der Waals surface area contributed by atoms with Gasteiger partial charge in [0.05, 0.1) is 0 Å². The fraction of sp³-hybridized carbons (Fsp3) is 0.0500. The SMILES string of the molecule is NNC(=O)CP(Br)(c1ccccc1)(c1ccccc1)c1ccccc1. The second kappa shape index (κ2) is 7.09. The van der Waals surface area contributed by atoms with Crippen LogP contribution in [0.4, 0.5) is 0 Å². The summed E-state index contributed by atoms with van der Waals surface area (Å²) in [6, 6.07) is 30.5. The molecular formula is C20H20BrN2OP. The number of hydrogen-bond acceptors (Lipinski definition) is 2. The molecular weight excluding hydrogens is 395 g/mol. The Kier molecular flexibility index (Phi) is 5.05. The van der Waals surface area contributed by atoms with E-state index >= 15 is 0 Å². The molecule has 5 heteroatoms. The molecule has 0 fully saturated rings. The van der Waals surface area contributed by atoms with Crippen LogP contribution in [-0.2, 0) is 4.79 Å². The zero-order valence-corrected chi connectivity index (χ0v) is 16.2. The average molecular weight is 415 g/mol. The van der Waals surface area contributed by atoms with Gasteiger partial charge in [-0.3, -0.25) is 0 Å². The van der Waals surface area contributed by atoms with E-state index in [0.717, 1.165) is 15.9 Å². The minimum absolute atomic E-state index is 0.203. The molecule has 0 aliphatic heterocycles. The number of carbonyl (C=O) groups excluding carboxylic acids is 1. The van der Waals surface area contributed by atoms with Crippen molar-refractivity contribution in [2.24, 2.45) is 5.84 Å². The van der Waals surface area contributed by atoms with Gasteiger partial charge in [-0.15, -0.1) is 0 Å². The van der Waals surface area contributed by atoms with Gasteiger partial charge in [-0.1, -0.05) is 0 Å². The molecule has 1 amide bonds. The molecule has 0 saturated carbocycles. The van der Waals surface area contributed by atoms with Crippen molar-refractivity contribution in [1.82, 2.24) is 5.43 Å². The number of halogens is 1. The molecule has 0 atom stereocenters. The number of nitrogens with one attached hydrogen (secondary N) is 1. The fourth-order valence-corrected chi connectivity index (χ4v) is 10.5. The molecule has 25 heavy (non-hydrogen) atoms. The van der Waals surface area contributed by atoms with Gasteiger partial charge in [0.25, 0.3) is 0 Å². The molecule has 0 aliphatic carbocycles. The molecule has 0 radical (unpaired) electrons. The van der Waals surface area contributed by atoms with Gasteiger partial charge in [-0.2, -0.15) is 0 Å². The second-order valence-corrected chi connectivity index (χ2v) is 14.8. The molecule has 3 aromatic carbocycles. The van der Waals surface area contributed by atoms with E-state index in [9.17, 15) is 4.79 Å². The summed E-state index contributed by atoms with van der Waals surface area (Å²) in [6.07, 6.45) is 0.250. The predicted octanol–water partition coefficient (Wildman–Crippen LogP) is 2.82. The van der Waals surface area contributed by atoms with E-state index in [1.165, 1.54) is 0 Å². The van der Waals surface area contributed by atoms with Crippen LogP contribution in [0.3, 0.4) is 0 Å². The van der Waals surface area contributed by atoms with Gasteiger partial charge in [-0.05, 0) is 0 Å². The van der Waals surface area contributed by atoms with Crippen molar-refractivity contribution in [3.63, 3.8) is 0 Å². The average Bonchev–Trinajstić information content (AvgIpc) is 2.70. The standard InChI is InChI=1S/C20H20BrN2OP/c21-25(16-20(24)23-22,17-10-4-1-5-11-17,18-12-6-2-7-13-18)19-14-8-3-9-15-19/h1-15H,16,22H2,(H,23,24). The first-order valence-corrected chi connectivity index (χ1v) is 12.4. The van der Waals surface area contributed by atoms with E-state index in [-0.39, 0.29) is 12.1 Å². The van der Waals surface area contributed by atoms with Gasteiger partial charge in [-0.25, -0.2) is 0 Å². The van der Waals surface area contributed by atoms with Gasteiger partial charge in [0.1, 0.15) is 0 Å². The number of hydrogen-bond donors (Lipinski definition) is 2.